The van der Waals surface area contributed by atoms with Gasteiger partial charge in [-0.25, -0.2) is 0 Å². The van der Waals surface area contributed by atoms with Crippen molar-refractivity contribution in [2.75, 3.05) is 4.90 Å². The molecule has 7 heteroatoms. The molecule has 164 valence electrons. The second-order valence-electron chi connectivity index (χ2n) is 7.41. The monoisotopic (exact) mass is 517 g/mol. The fraction of sp³-hybridized carbons (Fsp3) is 0.115. The lowest BCUT2D eigenvalue weighted by Gasteiger charge is -2.19. The quantitative estimate of drug-likeness (QED) is 0.360. The minimum atomic E-state index is -0.501. The molecule has 5 nitrogen and oxygen atoms in total. The van der Waals surface area contributed by atoms with Crippen molar-refractivity contribution in [2.24, 2.45) is 0 Å². The Morgan fingerprint density at radius 2 is 1.58 bits per heavy atom. The average molecular weight is 518 g/mol. The number of carbonyl (C=O) groups is 2. The van der Waals surface area contributed by atoms with E-state index >= 15 is 0 Å². The van der Waals surface area contributed by atoms with Crippen molar-refractivity contribution in [3.63, 3.8) is 0 Å². The molecule has 0 aromatic heterocycles. The minimum absolute atomic E-state index is 0.0669. The summed E-state index contributed by atoms with van der Waals surface area (Å²) in [6.07, 6.45) is 0.505. The Labute approximate surface area is 205 Å². The summed E-state index contributed by atoms with van der Waals surface area (Å²) in [5.74, 6) is -0.649. The number of carbonyl (C=O) groups excluding carboxylic acids is 2. The van der Waals surface area contributed by atoms with Crippen molar-refractivity contribution < 1.29 is 9.59 Å². The lowest BCUT2D eigenvalue weighted by molar-refractivity contribution is -0.117. The van der Waals surface area contributed by atoms with E-state index in [-0.39, 0.29) is 11.5 Å². The van der Waals surface area contributed by atoms with Gasteiger partial charge in [0.1, 0.15) is 16.7 Å². The first-order chi connectivity index (χ1) is 16.1. The maximum absolute atomic E-state index is 13.4. The maximum Gasteiger partial charge on any atom is 0.264 e. The van der Waals surface area contributed by atoms with Gasteiger partial charge in [0.25, 0.3) is 5.91 Å². The summed E-state index contributed by atoms with van der Waals surface area (Å²) >= 11 is 4.68. The predicted octanol–water partition coefficient (Wildman–Crippen LogP) is 5.19. The summed E-state index contributed by atoms with van der Waals surface area (Å²) in [5.41, 5.74) is 2.50. The highest BCUT2D eigenvalue weighted by atomic mass is 79.9. The zero-order valence-corrected chi connectivity index (χ0v) is 20.0. The molecule has 1 atom stereocenters. The van der Waals surface area contributed by atoms with Crippen LogP contribution >= 0.6 is 27.7 Å². The number of thioether (sulfide) groups is 1. The van der Waals surface area contributed by atoms with Crippen molar-refractivity contribution in [1.29, 1.82) is 5.26 Å². The molecular weight excluding hydrogens is 498 g/mol. The largest absolute Gasteiger partial charge is 0.347 e. The fourth-order valence-electron chi connectivity index (χ4n) is 3.51. The van der Waals surface area contributed by atoms with Gasteiger partial charge in [0.05, 0.1) is 5.25 Å². The van der Waals surface area contributed by atoms with Crippen LogP contribution in [-0.4, -0.2) is 17.1 Å². The summed E-state index contributed by atoms with van der Waals surface area (Å²) in [5, 5.41) is 12.6. The van der Waals surface area contributed by atoms with Crippen molar-refractivity contribution in [2.45, 2.75) is 18.2 Å². The molecule has 0 bridgehead atoms. The fourth-order valence-corrected chi connectivity index (χ4v) is 5.08. The lowest BCUT2D eigenvalue weighted by atomic mass is 10.1. The summed E-state index contributed by atoms with van der Waals surface area (Å²) in [4.78, 5) is 27.9. The molecule has 1 unspecified atom stereocenters. The van der Waals surface area contributed by atoms with Gasteiger partial charge >= 0.3 is 0 Å². The van der Waals surface area contributed by atoms with Crippen LogP contribution in [0.4, 0.5) is 5.69 Å². The molecule has 1 saturated heterocycles. The molecule has 2 amide bonds. The van der Waals surface area contributed by atoms with Gasteiger partial charge < -0.3 is 5.32 Å². The van der Waals surface area contributed by atoms with Crippen LogP contribution < -0.4 is 10.2 Å². The molecule has 1 aliphatic rings. The van der Waals surface area contributed by atoms with E-state index in [9.17, 15) is 14.9 Å². The Morgan fingerprint density at radius 1 is 0.970 bits per heavy atom. The topological polar surface area (TPSA) is 73.2 Å². The molecule has 3 aromatic rings. The van der Waals surface area contributed by atoms with Crippen molar-refractivity contribution in [3.05, 3.63) is 111 Å². The second kappa shape index (κ2) is 10.5. The molecule has 1 fully saturated rings. The van der Waals surface area contributed by atoms with Gasteiger partial charge in [0.2, 0.25) is 5.91 Å². The van der Waals surface area contributed by atoms with E-state index in [1.165, 1.54) is 16.7 Å². The minimum Gasteiger partial charge on any atom is -0.347 e. The van der Waals surface area contributed by atoms with Gasteiger partial charge in [-0.15, -0.1) is 0 Å². The zero-order chi connectivity index (χ0) is 23.2. The number of rotatable bonds is 6. The van der Waals surface area contributed by atoms with Crippen molar-refractivity contribution in [3.8, 4) is 6.07 Å². The van der Waals surface area contributed by atoms with Crippen LogP contribution in [0.1, 0.15) is 11.1 Å². The first-order valence-electron chi connectivity index (χ1n) is 10.3. The van der Waals surface area contributed by atoms with Crippen molar-refractivity contribution >= 4 is 45.2 Å². The van der Waals surface area contributed by atoms with Crippen LogP contribution in [0.2, 0.25) is 0 Å². The normalized spacial score (nSPS) is 16.9. The molecule has 1 N–H and O–H groups in total. The number of halogens is 1. The van der Waals surface area contributed by atoms with E-state index in [2.05, 4.69) is 21.2 Å². The Morgan fingerprint density at radius 3 is 2.18 bits per heavy atom. The Balaban J connectivity index is 1.67. The molecule has 1 aliphatic heterocycles. The van der Waals surface area contributed by atoms with E-state index in [4.69, 9.17) is 0 Å². The smallest absolute Gasteiger partial charge is 0.264 e. The number of anilines is 1. The molecular formula is C26H20BrN3O2S. The van der Waals surface area contributed by atoms with Crippen LogP contribution in [-0.2, 0) is 22.6 Å². The highest BCUT2D eigenvalue weighted by molar-refractivity contribution is 9.10. The van der Waals surface area contributed by atoms with Crippen LogP contribution in [0.5, 0.6) is 0 Å². The first-order valence-corrected chi connectivity index (χ1v) is 12.0. The SMILES string of the molecule is N#C/C(C(=O)NCc1ccccc1)=C1/SC(Cc2ccccc2)C(=O)N1c1ccc(Br)cc1. The number of hydrogen-bond acceptors (Lipinski definition) is 4. The highest BCUT2D eigenvalue weighted by Crippen LogP contribution is 2.42. The van der Waals surface area contributed by atoms with E-state index in [1.807, 2.05) is 78.9 Å². The van der Waals surface area contributed by atoms with Crippen molar-refractivity contribution in [1.82, 2.24) is 5.32 Å². The number of nitrogens with one attached hydrogen (secondary N) is 1. The molecule has 33 heavy (non-hydrogen) atoms. The average Bonchev–Trinajstić information content (AvgIpc) is 3.15. The first kappa shape index (κ1) is 22.8. The standard InChI is InChI=1S/C26H20BrN3O2S/c27-20-11-13-21(14-12-20)30-25(32)23(15-18-7-3-1-4-8-18)33-26(30)22(16-28)24(31)29-17-19-9-5-2-6-10-19/h1-14,23H,15,17H2,(H,29,31)/b26-22-. The molecule has 0 spiro atoms. The molecule has 4 rings (SSSR count). The molecule has 0 saturated carbocycles. The third-order valence-corrected chi connectivity index (χ3v) is 6.94. The summed E-state index contributed by atoms with van der Waals surface area (Å²) in [6.45, 7) is 0.294. The van der Waals surface area contributed by atoms with Crippen LogP contribution in [0.3, 0.4) is 0 Å². The number of nitriles is 1. The number of benzene rings is 3. The Hall–Kier alpha value is -3.34. The summed E-state index contributed by atoms with van der Waals surface area (Å²) in [6, 6.07) is 28.5. The second-order valence-corrected chi connectivity index (χ2v) is 9.51. The van der Waals surface area contributed by atoms with E-state index in [0.717, 1.165) is 15.6 Å². The van der Waals surface area contributed by atoms with E-state index in [0.29, 0.717) is 23.7 Å². The van der Waals surface area contributed by atoms with E-state index < -0.39 is 11.2 Å². The van der Waals surface area contributed by atoms with Crippen LogP contribution in [0, 0.1) is 11.3 Å². The third-order valence-electron chi connectivity index (χ3n) is 5.15. The summed E-state index contributed by atoms with van der Waals surface area (Å²) < 4.78 is 0.873. The molecule has 0 radical (unpaired) electrons. The summed E-state index contributed by atoms with van der Waals surface area (Å²) in [7, 11) is 0. The van der Waals surface area contributed by atoms with Crippen LogP contribution in [0.15, 0.2) is 100 Å². The van der Waals surface area contributed by atoms with Crippen LogP contribution in [0.25, 0.3) is 0 Å². The Bertz CT molecular complexity index is 1220. The Kier molecular flexibility index (Phi) is 7.28. The number of hydrogen-bond donors (Lipinski definition) is 1. The van der Waals surface area contributed by atoms with Gasteiger partial charge in [0, 0.05) is 16.7 Å². The lowest BCUT2D eigenvalue weighted by Crippen LogP contribution is -2.32. The molecule has 3 aromatic carbocycles. The van der Waals surface area contributed by atoms with Gasteiger partial charge in [0.15, 0.2) is 0 Å². The zero-order valence-electron chi connectivity index (χ0n) is 17.6. The predicted molar refractivity (Wildman–Crippen MR) is 134 cm³/mol. The highest BCUT2D eigenvalue weighted by Gasteiger charge is 2.40. The van der Waals surface area contributed by atoms with E-state index in [1.54, 1.807) is 12.1 Å². The number of amides is 2. The van der Waals surface area contributed by atoms with Gasteiger partial charge in [-0.3, -0.25) is 14.5 Å². The number of nitrogens with zero attached hydrogens (tertiary/aromatic N) is 2. The molecule has 0 aliphatic carbocycles. The third kappa shape index (κ3) is 5.36. The maximum atomic E-state index is 13.4. The van der Waals surface area contributed by atoms with Gasteiger partial charge in [-0.2, -0.15) is 5.26 Å². The van der Waals surface area contributed by atoms with Gasteiger partial charge in [-0.05, 0) is 41.8 Å². The molecule has 1 heterocycles. The van der Waals surface area contributed by atoms with Gasteiger partial charge in [-0.1, -0.05) is 88.4 Å².